The first-order valence-electron chi connectivity index (χ1n) is 4.36. The Morgan fingerprint density at radius 3 is 1.42 bits per heavy atom. The minimum absolute atomic E-state index is 0. The van der Waals surface area contributed by atoms with Crippen LogP contribution in [0.4, 0.5) is 0 Å². The molecule has 2 heteroatoms. The molecule has 0 fully saturated rings. The third kappa shape index (κ3) is 12.6. The summed E-state index contributed by atoms with van der Waals surface area (Å²) in [5.74, 6) is 0. The van der Waals surface area contributed by atoms with Crippen molar-refractivity contribution in [3.8, 4) is 0 Å². The van der Waals surface area contributed by atoms with Crippen LogP contribution in [-0.4, -0.2) is 25.4 Å². The van der Waals surface area contributed by atoms with Crippen LogP contribution in [0.3, 0.4) is 0 Å². The minimum atomic E-state index is 0. The topological polar surface area (TPSA) is 18.5 Å². The molecule has 0 amide bonds. The van der Waals surface area contributed by atoms with Crippen LogP contribution in [0, 0.1) is 0 Å². The molecule has 76 valence electrons. The van der Waals surface area contributed by atoms with E-state index in [9.17, 15) is 0 Å². The molecule has 0 spiro atoms. The molecule has 0 aromatic carbocycles. The predicted octanol–water partition coefficient (Wildman–Crippen LogP) is 2.86. The minimum Gasteiger partial charge on any atom is -0.379 e. The highest BCUT2D eigenvalue weighted by Gasteiger charge is 1.94. The number of hydrogen-bond acceptors (Lipinski definition) is 2. The fourth-order valence-electron chi connectivity index (χ4n) is 0.697. The molecular formula is C10H24O2. The van der Waals surface area contributed by atoms with Gasteiger partial charge in [0.1, 0.15) is 0 Å². The fourth-order valence-corrected chi connectivity index (χ4v) is 0.697. The highest BCUT2D eigenvalue weighted by molar-refractivity contribution is 4.41. The van der Waals surface area contributed by atoms with Crippen LogP contribution < -0.4 is 0 Å². The van der Waals surface area contributed by atoms with Crippen LogP contribution >= 0.6 is 0 Å². The standard InChI is InChI=1S/C9H20O2.CH4/c1-8(2)10-6-5-7-11-9(3)4;/h8-9H,5-7H2,1-4H3;1H4. The van der Waals surface area contributed by atoms with E-state index in [1.54, 1.807) is 0 Å². The summed E-state index contributed by atoms with van der Waals surface area (Å²) < 4.78 is 10.7. The fraction of sp³-hybridized carbons (Fsp3) is 1.00. The lowest BCUT2D eigenvalue weighted by molar-refractivity contribution is 0.0335. The molecule has 0 aromatic rings. The molecule has 0 rings (SSSR count). The summed E-state index contributed by atoms with van der Waals surface area (Å²) in [4.78, 5) is 0. The molecule has 0 atom stereocenters. The van der Waals surface area contributed by atoms with Crippen LogP contribution in [-0.2, 0) is 9.47 Å². The molecular weight excluding hydrogens is 152 g/mol. The van der Waals surface area contributed by atoms with Crippen molar-refractivity contribution in [2.75, 3.05) is 13.2 Å². The van der Waals surface area contributed by atoms with Gasteiger partial charge in [-0.15, -0.1) is 0 Å². The molecule has 0 saturated heterocycles. The first-order chi connectivity index (χ1) is 5.13. The summed E-state index contributed by atoms with van der Waals surface area (Å²) in [5.41, 5.74) is 0. The second-order valence-corrected chi connectivity index (χ2v) is 3.19. The summed E-state index contributed by atoms with van der Waals surface area (Å²) in [6.45, 7) is 9.80. The quantitative estimate of drug-likeness (QED) is 0.579. The van der Waals surface area contributed by atoms with E-state index in [0.717, 1.165) is 19.6 Å². The summed E-state index contributed by atoms with van der Waals surface area (Å²) in [6.07, 6.45) is 1.68. The Labute approximate surface area is 77.3 Å². The lowest BCUT2D eigenvalue weighted by atomic mass is 10.4. The normalized spacial score (nSPS) is 10.5. The van der Waals surface area contributed by atoms with E-state index < -0.39 is 0 Å². The van der Waals surface area contributed by atoms with E-state index in [4.69, 9.17) is 9.47 Å². The van der Waals surface area contributed by atoms with Crippen molar-refractivity contribution in [3.05, 3.63) is 0 Å². The summed E-state index contributed by atoms with van der Waals surface area (Å²) in [7, 11) is 0. The van der Waals surface area contributed by atoms with Gasteiger partial charge in [-0.05, 0) is 34.1 Å². The third-order valence-electron chi connectivity index (χ3n) is 1.19. The lowest BCUT2D eigenvalue weighted by Gasteiger charge is -2.09. The van der Waals surface area contributed by atoms with Crippen molar-refractivity contribution in [3.63, 3.8) is 0 Å². The SMILES string of the molecule is C.CC(C)OCCCOC(C)C. The van der Waals surface area contributed by atoms with Gasteiger partial charge in [0.2, 0.25) is 0 Å². The van der Waals surface area contributed by atoms with E-state index in [0.29, 0.717) is 12.2 Å². The van der Waals surface area contributed by atoms with Gasteiger partial charge in [-0.2, -0.15) is 0 Å². The molecule has 0 aliphatic carbocycles. The zero-order chi connectivity index (χ0) is 8.69. The van der Waals surface area contributed by atoms with Crippen molar-refractivity contribution >= 4 is 0 Å². The van der Waals surface area contributed by atoms with Gasteiger partial charge < -0.3 is 9.47 Å². The molecule has 0 heterocycles. The van der Waals surface area contributed by atoms with E-state index in [-0.39, 0.29) is 7.43 Å². The number of hydrogen-bond donors (Lipinski definition) is 0. The largest absolute Gasteiger partial charge is 0.379 e. The Balaban J connectivity index is 0. The second-order valence-electron chi connectivity index (χ2n) is 3.19. The molecule has 0 radical (unpaired) electrons. The van der Waals surface area contributed by atoms with Gasteiger partial charge in [0.05, 0.1) is 12.2 Å². The van der Waals surface area contributed by atoms with Gasteiger partial charge in [-0.25, -0.2) is 0 Å². The van der Waals surface area contributed by atoms with Gasteiger partial charge in [0, 0.05) is 13.2 Å². The summed E-state index contributed by atoms with van der Waals surface area (Å²) >= 11 is 0. The van der Waals surface area contributed by atoms with Crippen LogP contribution in [0.15, 0.2) is 0 Å². The maximum Gasteiger partial charge on any atom is 0.0518 e. The summed E-state index contributed by atoms with van der Waals surface area (Å²) in [5, 5.41) is 0. The van der Waals surface area contributed by atoms with E-state index >= 15 is 0 Å². The Morgan fingerprint density at radius 1 is 0.833 bits per heavy atom. The van der Waals surface area contributed by atoms with E-state index in [2.05, 4.69) is 0 Å². The Kier molecular flexibility index (Phi) is 10.8. The highest BCUT2D eigenvalue weighted by atomic mass is 16.5. The van der Waals surface area contributed by atoms with Crippen molar-refractivity contribution in [2.24, 2.45) is 0 Å². The van der Waals surface area contributed by atoms with Gasteiger partial charge in [0.15, 0.2) is 0 Å². The Morgan fingerprint density at radius 2 is 1.17 bits per heavy atom. The Hall–Kier alpha value is -0.0800. The molecule has 0 aliphatic heterocycles. The lowest BCUT2D eigenvalue weighted by Crippen LogP contribution is -2.09. The van der Waals surface area contributed by atoms with Gasteiger partial charge >= 0.3 is 0 Å². The smallest absolute Gasteiger partial charge is 0.0518 e. The van der Waals surface area contributed by atoms with E-state index in [1.807, 2.05) is 27.7 Å². The Bertz CT molecular complexity index is 69.9. The molecule has 0 saturated carbocycles. The number of rotatable bonds is 6. The molecule has 0 bridgehead atoms. The molecule has 0 aromatic heterocycles. The maximum absolute atomic E-state index is 5.34. The summed E-state index contributed by atoms with van der Waals surface area (Å²) in [6, 6.07) is 0. The highest BCUT2D eigenvalue weighted by Crippen LogP contribution is 1.93. The van der Waals surface area contributed by atoms with Crippen molar-refractivity contribution in [2.45, 2.75) is 53.8 Å². The zero-order valence-electron chi connectivity index (χ0n) is 8.09. The maximum atomic E-state index is 5.34. The van der Waals surface area contributed by atoms with Crippen LogP contribution in [0.1, 0.15) is 41.5 Å². The first kappa shape index (κ1) is 14.4. The van der Waals surface area contributed by atoms with Gasteiger partial charge in [-0.3, -0.25) is 0 Å². The zero-order valence-corrected chi connectivity index (χ0v) is 8.09. The van der Waals surface area contributed by atoms with Gasteiger partial charge in [-0.1, -0.05) is 7.43 Å². The van der Waals surface area contributed by atoms with Crippen molar-refractivity contribution < 1.29 is 9.47 Å². The molecule has 0 unspecified atom stereocenters. The molecule has 12 heavy (non-hydrogen) atoms. The predicted molar refractivity (Wildman–Crippen MR) is 53.5 cm³/mol. The van der Waals surface area contributed by atoms with Crippen LogP contribution in [0.25, 0.3) is 0 Å². The number of ether oxygens (including phenoxy) is 2. The van der Waals surface area contributed by atoms with Gasteiger partial charge in [0.25, 0.3) is 0 Å². The van der Waals surface area contributed by atoms with Crippen molar-refractivity contribution in [1.82, 2.24) is 0 Å². The van der Waals surface area contributed by atoms with Crippen LogP contribution in [0.5, 0.6) is 0 Å². The second kappa shape index (κ2) is 9.01. The molecule has 2 nitrogen and oxygen atoms in total. The average Bonchev–Trinajstić information content (AvgIpc) is 1.85. The molecule has 0 aliphatic rings. The van der Waals surface area contributed by atoms with Crippen LogP contribution in [0.2, 0.25) is 0 Å². The van der Waals surface area contributed by atoms with E-state index in [1.165, 1.54) is 0 Å². The molecule has 0 N–H and O–H groups in total. The monoisotopic (exact) mass is 176 g/mol. The first-order valence-corrected chi connectivity index (χ1v) is 4.36. The third-order valence-corrected chi connectivity index (χ3v) is 1.19. The van der Waals surface area contributed by atoms with Crippen molar-refractivity contribution in [1.29, 1.82) is 0 Å². The average molecular weight is 176 g/mol.